The van der Waals surface area contributed by atoms with Gasteiger partial charge in [0.15, 0.2) is 10.3 Å². The second-order valence-corrected chi connectivity index (χ2v) is 9.48. The van der Waals surface area contributed by atoms with Crippen molar-refractivity contribution in [2.45, 2.75) is 18.1 Å². The quantitative estimate of drug-likeness (QED) is 0.455. The van der Waals surface area contributed by atoms with Crippen LogP contribution in [0.3, 0.4) is 0 Å². The van der Waals surface area contributed by atoms with Crippen LogP contribution in [0, 0.1) is 5.41 Å². The molecule has 1 amide bonds. The summed E-state index contributed by atoms with van der Waals surface area (Å²) >= 11 is 2.80. The van der Waals surface area contributed by atoms with Crippen molar-refractivity contribution in [1.29, 1.82) is 5.41 Å². The van der Waals surface area contributed by atoms with Crippen LogP contribution >= 0.6 is 23.1 Å². The molecular formula is C24H19N3OS2. The number of nitrogens with zero attached hydrogens (tertiary/aromatic N) is 2. The molecule has 0 radical (unpaired) electrons. The minimum atomic E-state index is -0.273. The second kappa shape index (κ2) is 8.05. The Hall–Kier alpha value is -2.96. The van der Waals surface area contributed by atoms with Crippen molar-refractivity contribution in [1.82, 2.24) is 4.98 Å². The fraction of sp³-hybridized carbons (Fsp3) is 0.125. The van der Waals surface area contributed by atoms with Gasteiger partial charge in [-0.05, 0) is 28.3 Å². The van der Waals surface area contributed by atoms with E-state index in [0.717, 1.165) is 16.9 Å². The predicted octanol–water partition coefficient (Wildman–Crippen LogP) is 5.51. The van der Waals surface area contributed by atoms with E-state index in [2.05, 4.69) is 41.4 Å². The second-order valence-electron chi connectivity index (χ2n) is 7.20. The van der Waals surface area contributed by atoms with Gasteiger partial charge in [0.2, 0.25) is 5.91 Å². The normalized spacial score (nSPS) is 16.5. The molecule has 1 N–H and O–H groups in total. The molecule has 1 aliphatic rings. The Morgan fingerprint density at radius 1 is 0.967 bits per heavy atom. The molecule has 0 bridgehead atoms. The van der Waals surface area contributed by atoms with Crippen molar-refractivity contribution in [3.8, 4) is 0 Å². The predicted molar refractivity (Wildman–Crippen MR) is 126 cm³/mol. The molecule has 4 aromatic rings. The monoisotopic (exact) mass is 429 g/mol. The Bertz CT molecular complexity index is 1230. The molecule has 6 heteroatoms. The molecule has 30 heavy (non-hydrogen) atoms. The standard InChI is InChI=1S/C24H19N3OS2/c25-23-27(22(28)21(30-23)13-16-7-2-1-3-8-16)24-26-15-19(29-24)14-18-11-6-10-17-9-4-5-12-20(17)18/h1-12,15,21,25H,13-14H2. The molecule has 1 unspecified atom stereocenters. The third-order valence-corrected chi connectivity index (χ3v) is 7.24. The van der Waals surface area contributed by atoms with E-state index in [4.69, 9.17) is 5.41 Å². The highest BCUT2D eigenvalue weighted by Crippen LogP contribution is 2.36. The number of carbonyl (C=O) groups excluding carboxylic acids is 1. The molecule has 0 saturated carbocycles. The summed E-state index contributed by atoms with van der Waals surface area (Å²) in [5.41, 5.74) is 2.34. The number of thiazole rings is 1. The van der Waals surface area contributed by atoms with Crippen LogP contribution in [0.5, 0.6) is 0 Å². The number of benzene rings is 3. The molecule has 0 aliphatic carbocycles. The third kappa shape index (κ3) is 3.64. The summed E-state index contributed by atoms with van der Waals surface area (Å²) in [6.45, 7) is 0. The summed E-state index contributed by atoms with van der Waals surface area (Å²) in [7, 11) is 0. The molecule has 4 nitrogen and oxygen atoms in total. The zero-order chi connectivity index (χ0) is 20.5. The lowest BCUT2D eigenvalue weighted by atomic mass is 10.0. The van der Waals surface area contributed by atoms with Crippen molar-refractivity contribution in [2.24, 2.45) is 0 Å². The molecule has 2 heterocycles. The number of rotatable bonds is 5. The number of carbonyl (C=O) groups is 1. The van der Waals surface area contributed by atoms with Crippen LogP contribution in [0.15, 0.2) is 79.0 Å². The zero-order valence-corrected chi connectivity index (χ0v) is 17.7. The molecule has 1 saturated heterocycles. The Morgan fingerprint density at radius 3 is 2.60 bits per heavy atom. The van der Waals surface area contributed by atoms with E-state index in [9.17, 15) is 4.79 Å². The number of thioether (sulfide) groups is 1. The average molecular weight is 430 g/mol. The van der Waals surface area contributed by atoms with Crippen molar-refractivity contribution >= 4 is 50.1 Å². The number of aromatic nitrogens is 1. The first-order valence-corrected chi connectivity index (χ1v) is 11.4. The lowest BCUT2D eigenvalue weighted by molar-refractivity contribution is -0.116. The summed E-state index contributed by atoms with van der Waals surface area (Å²) < 4.78 is 0. The van der Waals surface area contributed by atoms with E-state index in [1.807, 2.05) is 42.6 Å². The fourth-order valence-electron chi connectivity index (χ4n) is 3.74. The number of nitrogens with one attached hydrogen (secondary N) is 1. The zero-order valence-electron chi connectivity index (χ0n) is 16.1. The van der Waals surface area contributed by atoms with E-state index in [1.54, 1.807) is 0 Å². The third-order valence-electron chi connectivity index (χ3n) is 5.19. The highest BCUT2D eigenvalue weighted by molar-refractivity contribution is 8.16. The number of anilines is 1. The van der Waals surface area contributed by atoms with Crippen LogP contribution in [0.4, 0.5) is 5.13 Å². The Kier molecular flexibility index (Phi) is 5.11. The smallest absolute Gasteiger partial charge is 0.248 e. The summed E-state index contributed by atoms with van der Waals surface area (Å²) in [5.74, 6) is -0.0556. The molecular weight excluding hydrogens is 410 g/mol. The summed E-state index contributed by atoms with van der Waals surface area (Å²) in [4.78, 5) is 20.0. The lowest BCUT2D eigenvalue weighted by Gasteiger charge is -2.11. The number of amidine groups is 1. The summed E-state index contributed by atoms with van der Waals surface area (Å²) in [5, 5.41) is 11.4. The van der Waals surface area contributed by atoms with Crippen molar-refractivity contribution < 1.29 is 4.79 Å². The van der Waals surface area contributed by atoms with Gasteiger partial charge < -0.3 is 0 Å². The molecule has 0 spiro atoms. The topological polar surface area (TPSA) is 57.1 Å². The van der Waals surface area contributed by atoms with Crippen molar-refractivity contribution in [2.75, 3.05) is 4.90 Å². The molecule has 148 valence electrons. The Balaban J connectivity index is 1.36. The number of hydrogen-bond acceptors (Lipinski definition) is 5. The van der Waals surface area contributed by atoms with Crippen LogP contribution < -0.4 is 4.90 Å². The molecule has 1 atom stereocenters. The highest BCUT2D eigenvalue weighted by Gasteiger charge is 2.39. The van der Waals surface area contributed by atoms with Gasteiger partial charge in [-0.1, -0.05) is 84.6 Å². The number of hydrogen-bond donors (Lipinski definition) is 1. The maximum Gasteiger partial charge on any atom is 0.248 e. The summed E-state index contributed by atoms with van der Waals surface area (Å²) in [6, 6.07) is 24.6. The van der Waals surface area contributed by atoms with Gasteiger partial charge in [0.25, 0.3) is 0 Å². The van der Waals surface area contributed by atoms with Gasteiger partial charge >= 0.3 is 0 Å². The van der Waals surface area contributed by atoms with Gasteiger partial charge in [-0.25, -0.2) is 9.88 Å². The van der Waals surface area contributed by atoms with Crippen LogP contribution in [-0.4, -0.2) is 21.3 Å². The maximum absolute atomic E-state index is 13.0. The maximum atomic E-state index is 13.0. The molecule has 1 aromatic heterocycles. The van der Waals surface area contributed by atoms with Gasteiger partial charge in [0.05, 0.1) is 5.25 Å². The van der Waals surface area contributed by atoms with Gasteiger partial charge in [-0.15, -0.1) is 11.3 Å². The molecule has 1 fully saturated rings. The first-order chi connectivity index (χ1) is 14.7. The molecule has 3 aromatic carbocycles. The molecule has 5 rings (SSSR count). The Labute approximate surface area is 183 Å². The van der Waals surface area contributed by atoms with Gasteiger partial charge in [-0.3, -0.25) is 10.2 Å². The SMILES string of the molecule is N=C1SC(Cc2ccccc2)C(=O)N1c1ncc(Cc2cccc3ccccc23)s1. The van der Waals surface area contributed by atoms with E-state index < -0.39 is 0 Å². The molecule has 1 aliphatic heterocycles. The van der Waals surface area contributed by atoms with Crippen molar-refractivity contribution in [3.05, 3.63) is 95.0 Å². The minimum Gasteiger partial charge on any atom is -0.278 e. The van der Waals surface area contributed by atoms with Crippen LogP contribution in [-0.2, 0) is 17.6 Å². The van der Waals surface area contributed by atoms with Crippen LogP contribution in [0.2, 0.25) is 0 Å². The minimum absolute atomic E-state index is 0.0556. The lowest BCUT2D eigenvalue weighted by Crippen LogP contribution is -2.32. The van der Waals surface area contributed by atoms with Gasteiger partial charge in [0, 0.05) is 17.5 Å². The first-order valence-electron chi connectivity index (χ1n) is 9.73. The van der Waals surface area contributed by atoms with Gasteiger partial charge in [-0.2, -0.15) is 0 Å². The highest BCUT2D eigenvalue weighted by atomic mass is 32.2. The van der Waals surface area contributed by atoms with Crippen LogP contribution in [0.25, 0.3) is 10.8 Å². The number of fused-ring (bicyclic) bond motifs is 1. The summed E-state index contributed by atoms with van der Waals surface area (Å²) in [6.07, 6.45) is 3.21. The van der Waals surface area contributed by atoms with Gasteiger partial charge in [0.1, 0.15) is 0 Å². The number of amides is 1. The fourth-order valence-corrected chi connectivity index (χ4v) is 5.77. The van der Waals surface area contributed by atoms with E-state index in [1.165, 1.54) is 44.3 Å². The van der Waals surface area contributed by atoms with E-state index in [-0.39, 0.29) is 16.3 Å². The van der Waals surface area contributed by atoms with E-state index >= 15 is 0 Å². The largest absolute Gasteiger partial charge is 0.278 e. The van der Waals surface area contributed by atoms with Crippen LogP contribution in [0.1, 0.15) is 16.0 Å². The average Bonchev–Trinajstić information content (AvgIpc) is 3.32. The Morgan fingerprint density at radius 2 is 1.73 bits per heavy atom. The first kappa shape index (κ1) is 19.0. The van der Waals surface area contributed by atoms with E-state index in [0.29, 0.717) is 11.6 Å². The van der Waals surface area contributed by atoms with Crippen molar-refractivity contribution in [3.63, 3.8) is 0 Å².